The molecule has 8 heteroatoms. The minimum absolute atomic E-state index is 0.0204. The van der Waals surface area contributed by atoms with Crippen molar-refractivity contribution in [3.05, 3.63) is 64.4 Å². The van der Waals surface area contributed by atoms with Crippen molar-refractivity contribution in [1.82, 2.24) is 10.4 Å². The van der Waals surface area contributed by atoms with Crippen molar-refractivity contribution in [3.8, 4) is 5.75 Å². The minimum atomic E-state index is -1.03. The van der Waals surface area contributed by atoms with Crippen molar-refractivity contribution in [2.45, 2.75) is 25.6 Å². The molecule has 1 heterocycles. The number of hydrogen-bond acceptors (Lipinski definition) is 5. The van der Waals surface area contributed by atoms with Gasteiger partial charge in [0.2, 0.25) is 5.91 Å². The predicted molar refractivity (Wildman–Crippen MR) is 105 cm³/mol. The van der Waals surface area contributed by atoms with Crippen molar-refractivity contribution in [2.75, 3.05) is 14.2 Å². The normalized spacial score (nSPS) is 18.8. The molecule has 1 aliphatic heterocycles. The standard InChI is InChI=1S/C20H21ClFN3O3/c1-20(11-18(26)23-12-13-7-8-17(22)16(21)9-13)24-19(25(2)28-20)14-5-4-6-15(10-14)27-3/h4-10H,11-12H2,1-3H3,(H,23,26). The second-order valence-electron chi connectivity index (χ2n) is 6.63. The number of benzene rings is 2. The number of methoxy groups -OCH3 is 1. The molecule has 1 N–H and O–H groups in total. The Hall–Kier alpha value is -2.64. The maximum atomic E-state index is 13.2. The molecule has 0 radical (unpaired) electrons. The predicted octanol–water partition coefficient (Wildman–Crippen LogP) is 3.53. The van der Waals surface area contributed by atoms with E-state index in [9.17, 15) is 9.18 Å². The summed E-state index contributed by atoms with van der Waals surface area (Å²) in [6.07, 6.45) is 0.0275. The lowest BCUT2D eigenvalue weighted by Gasteiger charge is -2.21. The summed E-state index contributed by atoms with van der Waals surface area (Å²) in [5.41, 5.74) is 0.499. The van der Waals surface area contributed by atoms with Crippen molar-refractivity contribution in [3.63, 3.8) is 0 Å². The second-order valence-corrected chi connectivity index (χ2v) is 7.04. The van der Waals surface area contributed by atoms with Crippen LogP contribution < -0.4 is 10.1 Å². The lowest BCUT2D eigenvalue weighted by Crippen LogP contribution is -2.35. The number of ether oxygens (including phenoxy) is 1. The summed E-state index contributed by atoms with van der Waals surface area (Å²) in [5.74, 6) is 0.579. The summed E-state index contributed by atoms with van der Waals surface area (Å²) < 4.78 is 18.5. The monoisotopic (exact) mass is 405 g/mol. The molecule has 3 rings (SSSR count). The van der Waals surface area contributed by atoms with E-state index in [2.05, 4.69) is 10.3 Å². The molecule has 6 nitrogen and oxygen atoms in total. The molecule has 0 aromatic heterocycles. The molecule has 0 bridgehead atoms. The molecule has 0 saturated heterocycles. The van der Waals surface area contributed by atoms with E-state index in [4.69, 9.17) is 21.2 Å². The zero-order chi connectivity index (χ0) is 20.3. The van der Waals surface area contributed by atoms with Crippen LogP contribution in [-0.4, -0.2) is 36.7 Å². The van der Waals surface area contributed by atoms with E-state index >= 15 is 0 Å². The number of aliphatic imine (C=N–C) groups is 1. The van der Waals surface area contributed by atoms with Gasteiger partial charge in [0.15, 0.2) is 11.6 Å². The van der Waals surface area contributed by atoms with Gasteiger partial charge in [-0.15, -0.1) is 0 Å². The van der Waals surface area contributed by atoms with Gasteiger partial charge in [-0.2, -0.15) is 0 Å². The quantitative estimate of drug-likeness (QED) is 0.798. The fraction of sp³-hybridized carbons (Fsp3) is 0.300. The maximum Gasteiger partial charge on any atom is 0.225 e. The highest BCUT2D eigenvalue weighted by atomic mass is 35.5. The molecule has 0 spiro atoms. The first kappa shape index (κ1) is 20.1. The Bertz CT molecular complexity index is 921. The largest absolute Gasteiger partial charge is 0.497 e. The van der Waals surface area contributed by atoms with Crippen LogP contribution in [0.15, 0.2) is 47.5 Å². The summed E-state index contributed by atoms with van der Waals surface area (Å²) >= 11 is 5.76. The summed E-state index contributed by atoms with van der Waals surface area (Å²) in [4.78, 5) is 22.8. The first-order chi connectivity index (χ1) is 13.3. The van der Waals surface area contributed by atoms with Crippen molar-refractivity contribution >= 4 is 23.3 Å². The first-order valence-corrected chi connectivity index (χ1v) is 9.05. The van der Waals surface area contributed by atoms with E-state index in [1.54, 1.807) is 32.2 Å². The van der Waals surface area contributed by atoms with Crippen LogP contribution in [0.4, 0.5) is 4.39 Å². The molecular weight excluding hydrogens is 385 g/mol. The highest BCUT2D eigenvalue weighted by Gasteiger charge is 2.37. The van der Waals surface area contributed by atoms with E-state index < -0.39 is 11.5 Å². The Morgan fingerprint density at radius 1 is 1.36 bits per heavy atom. The smallest absolute Gasteiger partial charge is 0.225 e. The molecule has 1 amide bonds. The first-order valence-electron chi connectivity index (χ1n) is 8.67. The highest BCUT2D eigenvalue weighted by molar-refractivity contribution is 6.30. The Kier molecular flexibility index (Phi) is 5.86. The number of hydroxylamine groups is 2. The number of nitrogens with zero attached hydrogens (tertiary/aromatic N) is 2. The Balaban J connectivity index is 1.66. The van der Waals surface area contributed by atoms with Crippen LogP contribution in [0.2, 0.25) is 5.02 Å². The third-order valence-electron chi connectivity index (χ3n) is 4.26. The van der Waals surface area contributed by atoms with E-state index in [1.165, 1.54) is 12.1 Å². The molecule has 1 atom stereocenters. The van der Waals surface area contributed by atoms with Gasteiger partial charge < -0.3 is 10.1 Å². The average molecular weight is 406 g/mol. The highest BCUT2D eigenvalue weighted by Crippen LogP contribution is 2.29. The van der Waals surface area contributed by atoms with Crippen molar-refractivity contribution < 1.29 is 18.8 Å². The maximum absolute atomic E-state index is 13.2. The molecule has 148 valence electrons. The van der Waals surface area contributed by atoms with Crippen LogP contribution in [0, 0.1) is 5.82 Å². The Morgan fingerprint density at radius 2 is 2.14 bits per heavy atom. The zero-order valence-electron chi connectivity index (χ0n) is 15.8. The van der Waals surface area contributed by atoms with Gasteiger partial charge in [-0.3, -0.25) is 4.79 Å². The fourth-order valence-corrected chi connectivity index (χ4v) is 3.15. The van der Waals surface area contributed by atoms with Gasteiger partial charge in [0.1, 0.15) is 11.6 Å². The van der Waals surface area contributed by atoms with Crippen LogP contribution in [0.5, 0.6) is 5.75 Å². The summed E-state index contributed by atoms with van der Waals surface area (Å²) in [6.45, 7) is 1.97. The van der Waals surface area contributed by atoms with Crippen LogP contribution in [0.25, 0.3) is 0 Å². The molecule has 0 saturated carbocycles. The van der Waals surface area contributed by atoms with Gasteiger partial charge >= 0.3 is 0 Å². The van der Waals surface area contributed by atoms with E-state index in [-0.39, 0.29) is 23.9 Å². The number of nitrogens with one attached hydrogen (secondary N) is 1. The van der Waals surface area contributed by atoms with Crippen LogP contribution in [0.1, 0.15) is 24.5 Å². The number of hydrogen-bond donors (Lipinski definition) is 1. The number of amidine groups is 1. The lowest BCUT2D eigenvalue weighted by molar-refractivity contribution is -0.166. The third-order valence-corrected chi connectivity index (χ3v) is 4.55. The van der Waals surface area contributed by atoms with Gasteiger partial charge in [0.25, 0.3) is 0 Å². The number of amides is 1. The second kappa shape index (κ2) is 8.16. The van der Waals surface area contributed by atoms with Crippen LogP contribution in [0.3, 0.4) is 0 Å². The molecule has 1 unspecified atom stereocenters. The summed E-state index contributed by atoms with van der Waals surface area (Å²) in [6, 6.07) is 11.8. The number of carbonyl (C=O) groups excluding carboxylic acids is 1. The fourth-order valence-electron chi connectivity index (χ4n) is 2.94. The number of carbonyl (C=O) groups is 1. The number of halogens is 2. The Morgan fingerprint density at radius 3 is 2.86 bits per heavy atom. The van der Waals surface area contributed by atoms with Gasteiger partial charge in [0.05, 0.1) is 18.6 Å². The van der Waals surface area contributed by atoms with Gasteiger partial charge in [-0.25, -0.2) is 19.3 Å². The average Bonchev–Trinajstić information content (AvgIpc) is 2.96. The molecular formula is C20H21ClFN3O3. The van der Waals surface area contributed by atoms with Gasteiger partial charge in [-0.1, -0.05) is 29.8 Å². The topological polar surface area (TPSA) is 63.2 Å². The Labute approximate surface area is 167 Å². The minimum Gasteiger partial charge on any atom is -0.497 e. The van der Waals surface area contributed by atoms with Crippen LogP contribution >= 0.6 is 11.6 Å². The molecule has 1 aliphatic rings. The molecule has 2 aromatic carbocycles. The summed E-state index contributed by atoms with van der Waals surface area (Å²) in [5, 5.41) is 4.34. The van der Waals surface area contributed by atoms with E-state index in [0.717, 1.165) is 5.56 Å². The molecule has 0 fully saturated rings. The van der Waals surface area contributed by atoms with Gasteiger partial charge in [-0.05, 0) is 36.8 Å². The molecule has 0 aliphatic carbocycles. The van der Waals surface area contributed by atoms with E-state index in [1.807, 2.05) is 24.3 Å². The van der Waals surface area contributed by atoms with Crippen molar-refractivity contribution in [2.24, 2.45) is 4.99 Å². The van der Waals surface area contributed by atoms with Crippen molar-refractivity contribution in [1.29, 1.82) is 0 Å². The molecule has 2 aromatic rings. The summed E-state index contributed by atoms with van der Waals surface area (Å²) in [7, 11) is 3.33. The lowest BCUT2D eigenvalue weighted by atomic mass is 10.1. The van der Waals surface area contributed by atoms with Gasteiger partial charge in [0, 0.05) is 19.2 Å². The van der Waals surface area contributed by atoms with E-state index in [0.29, 0.717) is 17.1 Å². The number of rotatable bonds is 6. The zero-order valence-corrected chi connectivity index (χ0v) is 16.6. The third kappa shape index (κ3) is 4.61. The SMILES string of the molecule is COc1cccc(C2=NC(C)(CC(=O)NCc3ccc(F)c(Cl)c3)ON2C)c1. The van der Waals surface area contributed by atoms with Crippen LogP contribution in [-0.2, 0) is 16.2 Å². The molecule has 28 heavy (non-hydrogen) atoms.